The van der Waals surface area contributed by atoms with Gasteiger partial charge in [-0.3, -0.25) is 9.78 Å². The molecular weight excluding hydrogens is 188 g/mol. The van der Waals surface area contributed by atoms with Crippen LogP contribution in [0.1, 0.15) is 5.56 Å². The van der Waals surface area contributed by atoms with Gasteiger partial charge in [0.05, 0.1) is 0 Å². The fraction of sp³-hybridized carbons (Fsp3) is 0.167. The Kier molecular flexibility index (Phi) is 2.37. The van der Waals surface area contributed by atoms with E-state index in [1.54, 1.807) is 30.2 Å². The van der Waals surface area contributed by atoms with Crippen molar-refractivity contribution in [3.8, 4) is 11.1 Å². The molecule has 0 fully saturated rings. The van der Waals surface area contributed by atoms with Crippen LogP contribution in [-0.2, 0) is 7.05 Å². The summed E-state index contributed by atoms with van der Waals surface area (Å²) in [7, 11) is 1.75. The molecule has 0 saturated heterocycles. The van der Waals surface area contributed by atoms with Gasteiger partial charge in [0.2, 0.25) is 0 Å². The molecule has 2 heterocycles. The van der Waals surface area contributed by atoms with Crippen LogP contribution in [0.15, 0.2) is 41.6 Å². The maximum absolute atomic E-state index is 11.7. The van der Waals surface area contributed by atoms with Gasteiger partial charge in [-0.15, -0.1) is 0 Å². The lowest BCUT2D eigenvalue weighted by Gasteiger charge is -2.06. The summed E-state index contributed by atoms with van der Waals surface area (Å²) in [5.74, 6) is 0. The van der Waals surface area contributed by atoms with Crippen LogP contribution < -0.4 is 5.56 Å². The molecule has 0 N–H and O–H groups in total. The third-order valence-corrected chi connectivity index (χ3v) is 2.48. The Balaban J connectivity index is 2.66. The van der Waals surface area contributed by atoms with E-state index < -0.39 is 0 Å². The second kappa shape index (κ2) is 3.69. The van der Waals surface area contributed by atoms with Gasteiger partial charge in [0.1, 0.15) is 0 Å². The molecule has 0 amide bonds. The highest BCUT2D eigenvalue weighted by Crippen LogP contribution is 2.18. The molecule has 0 spiro atoms. The summed E-state index contributed by atoms with van der Waals surface area (Å²) in [5, 5.41) is 0. The minimum Gasteiger partial charge on any atom is -0.318 e. The van der Waals surface area contributed by atoms with Gasteiger partial charge in [-0.1, -0.05) is 6.07 Å². The topological polar surface area (TPSA) is 34.9 Å². The van der Waals surface area contributed by atoms with Crippen molar-refractivity contribution in [3.63, 3.8) is 0 Å². The molecule has 0 aliphatic rings. The Morgan fingerprint density at radius 3 is 2.80 bits per heavy atom. The van der Waals surface area contributed by atoms with Crippen LogP contribution in [-0.4, -0.2) is 9.55 Å². The van der Waals surface area contributed by atoms with E-state index in [1.807, 2.05) is 25.1 Å². The number of nitrogens with zero attached hydrogens (tertiary/aromatic N) is 2. The Morgan fingerprint density at radius 1 is 1.33 bits per heavy atom. The van der Waals surface area contributed by atoms with Gasteiger partial charge in [-0.25, -0.2) is 0 Å². The largest absolute Gasteiger partial charge is 0.318 e. The fourth-order valence-corrected chi connectivity index (χ4v) is 1.59. The number of aryl methyl sites for hydroxylation is 1. The monoisotopic (exact) mass is 200 g/mol. The second-order valence-corrected chi connectivity index (χ2v) is 3.51. The van der Waals surface area contributed by atoms with Gasteiger partial charge in [0, 0.05) is 36.8 Å². The molecule has 76 valence electrons. The highest BCUT2D eigenvalue weighted by atomic mass is 16.1. The van der Waals surface area contributed by atoms with Crippen molar-refractivity contribution in [3.05, 3.63) is 52.7 Å². The fourth-order valence-electron chi connectivity index (χ4n) is 1.59. The Bertz CT molecular complexity index is 529. The SMILES string of the molecule is Cc1c(-c2cccnc2)ccn(C)c1=O. The molecule has 0 bridgehead atoms. The number of rotatable bonds is 1. The molecule has 3 nitrogen and oxygen atoms in total. The maximum atomic E-state index is 11.7. The van der Waals surface area contributed by atoms with E-state index in [0.29, 0.717) is 0 Å². The van der Waals surface area contributed by atoms with E-state index in [0.717, 1.165) is 16.7 Å². The summed E-state index contributed by atoms with van der Waals surface area (Å²) in [6.45, 7) is 1.84. The lowest BCUT2D eigenvalue weighted by molar-refractivity contribution is 0.850. The lowest BCUT2D eigenvalue weighted by Crippen LogP contribution is -2.18. The number of hydrogen-bond donors (Lipinski definition) is 0. The lowest BCUT2D eigenvalue weighted by atomic mass is 10.0. The molecule has 2 aromatic rings. The van der Waals surface area contributed by atoms with Crippen molar-refractivity contribution in [2.24, 2.45) is 7.05 Å². The first kappa shape index (κ1) is 9.65. The van der Waals surface area contributed by atoms with E-state index in [9.17, 15) is 4.79 Å². The van der Waals surface area contributed by atoms with Crippen LogP contribution in [0.2, 0.25) is 0 Å². The minimum absolute atomic E-state index is 0.0383. The van der Waals surface area contributed by atoms with Gasteiger partial charge < -0.3 is 4.57 Å². The molecule has 0 aromatic carbocycles. The smallest absolute Gasteiger partial charge is 0.253 e. The maximum Gasteiger partial charge on any atom is 0.253 e. The first-order valence-corrected chi connectivity index (χ1v) is 4.77. The molecule has 2 rings (SSSR count). The minimum atomic E-state index is 0.0383. The van der Waals surface area contributed by atoms with Gasteiger partial charge in [0.15, 0.2) is 0 Å². The summed E-state index contributed by atoms with van der Waals surface area (Å²) in [4.78, 5) is 15.8. The van der Waals surface area contributed by atoms with E-state index >= 15 is 0 Å². The van der Waals surface area contributed by atoms with Crippen molar-refractivity contribution in [1.82, 2.24) is 9.55 Å². The van der Waals surface area contributed by atoms with Crippen molar-refractivity contribution >= 4 is 0 Å². The van der Waals surface area contributed by atoms with E-state index in [4.69, 9.17) is 0 Å². The highest BCUT2D eigenvalue weighted by molar-refractivity contribution is 5.65. The molecule has 0 unspecified atom stereocenters. The standard InChI is InChI=1S/C12H12N2O/c1-9-11(5-7-14(2)12(9)15)10-4-3-6-13-8-10/h3-8H,1-2H3. The van der Waals surface area contributed by atoms with Crippen molar-refractivity contribution < 1.29 is 0 Å². The summed E-state index contributed by atoms with van der Waals surface area (Å²) < 4.78 is 1.58. The zero-order chi connectivity index (χ0) is 10.8. The first-order chi connectivity index (χ1) is 7.20. The normalized spacial score (nSPS) is 10.3. The third kappa shape index (κ3) is 1.68. The predicted octanol–water partition coefficient (Wildman–Crippen LogP) is 1.76. The summed E-state index contributed by atoms with van der Waals surface area (Å²) >= 11 is 0. The van der Waals surface area contributed by atoms with Crippen molar-refractivity contribution in [2.75, 3.05) is 0 Å². The Morgan fingerprint density at radius 2 is 2.13 bits per heavy atom. The van der Waals surface area contributed by atoms with Crippen LogP contribution in [0, 0.1) is 6.92 Å². The van der Waals surface area contributed by atoms with E-state index in [-0.39, 0.29) is 5.56 Å². The first-order valence-electron chi connectivity index (χ1n) is 4.77. The number of aromatic nitrogens is 2. The summed E-state index contributed by atoms with van der Waals surface area (Å²) in [6.07, 6.45) is 5.26. The summed E-state index contributed by atoms with van der Waals surface area (Å²) in [5.41, 5.74) is 2.73. The van der Waals surface area contributed by atoms with Gasteiger partial charge in [-0.2, -0.15) is 0 Å². The summed E-state index contributed by atoms with van der Waals surface area (Å²) in [6, 6.07) is 5.76. The molecule has 0 aliphatic carbocycles. The molecule has 0 radical (unpaired) electrons. The Hall–Kier alpha value is -1.90. The van der Waals surface area contributed by atoms with E-state index in [2.05, 4.69) is 4.98 Å². The molecule has 0 atom stereocenters. The molecule has 2 aromatic heterocycles. The number of hydrogen-bond acceptors (Lipinski definition) is 2. The van der Waals surface area contributed by atoms with Gasteiger partial charge >= 0.3 is 0 Å². The molecule has 15 heavy (non-hydrogen) atoms. The van der Waals surface area contributed by atoms with Gasteiger partial charge in [0.25, 0.3) is 5.56 Å². The average molecular weight is 200 g/mol. The van der Waals surface area contributed by atoms with Crippen molar-refractivity contribution in [1.29, 1.82) is 0 Å². The zero-order valence-electron chi connectivity index (χ0n) is 8.77. The molecule has 0 saturated carbocycles. The quantitative estimate of drug-likeness (QED) is 0.703. The van der Waals surface area contributed by atoms with Gasteiger partial charge in [-0.05, 0) is 24.6 Å². The van der Waals surface area contributed by atoms with E-state index in [1.165, 1.54) is 0 Å². The molecule has 0 aliphatic heterocycles. The van der Waals surface area contributed by atoms with Crippen LogP contribution in [0.4, 0.5) is 0 Å². The average Bonchev–Trinajstić information content (AvgIpc) is 2.27. The van der Waals surface area contributed by atoms with Crippen molar-refractivity contribution in [2.45, 2.75) is 6.92 Å². The zero-order valence-corrected chi connectivity index (χ0v) is 8.77. The third-order valence-electron chi connectivity index (χ3n) is 2.48. The second-order valence-electron chi connectivity index (χ2n) is 3.51. The van der Waals surface area contributed by atoms with Crippen LogP contribution in [0.5, 0.6) is 0 Å². The van der Waals surface area contributed by atoms with Crippen LogP contribution in [0.3, 0.4) is 0 Å². The Labute approximate surface area is 88.0 Å². The van der Waals surface area contributed by atoms with Crippen LogP contribution >= 0.6 is 0 Å². The number of pyridine rings is 2. The predicted molar refractivity (Wildman–Crippen MR) is 59.7 cm³/mol. The molecule has 3 heteroatoms. The highest BCUT2D eigenvalue weighted by Gasteiger charge is 2.05. The van der Waals surface area contributed by atoms with Crippen LogP contribution in [0.25, 0.3) is 11.1 Å². The molecular formula is C12H12N2O.